The van der Waals surface area contributed by atoms with Gasteiger partial charge < -0.3 is 15.0 Å². The van der Waals surface area contributed by atoms with E-state index in [1.165, 1.54) is 37.9 Å². The molecular weight excluding hydrogens is 348 g/mol. The quantitative estimate of drug-likeness (QED) is 0.626. The third-order valence-electron chi connectivity index (χ3n) is 6.82. The summed E-state index contributed by atoms with van der Waals surface area (Å²) < 4.78 is 5.70. The third-order valence-corrected chi connectivity index (χ3v) is 6.82. The number of rotatable bonds is 5. The minimum absolute atomic E-state index is 0.202. The number of aliphatic imine (C=N–C) groups is 1. The Hall–Kier alpha value is -1.59. The molecule has 1 aromatic rings. The van der Waals surface area contributed by atoms with E-state index >= 15 is 0 Å². The maximum absolute atomic E-state index is 5.70. The number of ether oxygens (including phenoxy) is 1. The van der Waals surface area contributed by atoms with Crippen molar-refractivity contribution in [2.75, 3.05) is 52.5 Å². The molecule has 4 rings (SSSR count). The molecule has 1 unspecified atom stereocenters. The van der Waals surface area contributed by atoms with Crippen LogP contribution in [0.2, 0.25) is 0 Å². The standard InChI is InChI=1S/C23H36N4O/c1-2-24-22(26-15-10-21(18-26)20-8-4-3-5-9-20)25-19-23(11-16-28-17-12-23)27-13-6-7-14-27/h3-5,8-9,21H,2,6-7,10-19H2,1H3,(H,24,25). The van der Waals surface area contributed by atoms with E-state index in [0.717, 1.165) is 58.2 Å². The molecule has 0 spiro atoms. The third kappa shape index (κ3) is 4.36. The van der Waals surface area contributed by atoms with E-state index in [9.17, 15) is 0 Å². The highest BCUT2D eigenvalue weighted by Crippen LogP contribution is 2.32. The van der Waals surface area contributed by atoms with Gasteiger partial charge in [-0.25, -0.2) is 0 Å². The smallest absolute Gasteiger partial charge is 0.194 e. The van der Waals surface area contributed by atoms with E-state index in [2.05, 4.69) is 52.4 Å². The van der Waals surface area contributed by atoms with E-state index in [1.54, 1.807) is 0 Å². The first-order valence-corrected chi connectivity index (χ1v) is 11.2. The van der Waals surface area contributed by atoms with Crippen LogP contribution in [-0.2, 0) is 4.74 Å². The molecule has 28 heavy (non-hydrogen) atoms. The van der Waals surface area contributed by atoms with Crippen LogP contribution in [0.25, 0.3) is 0 Å². The summed E-state index contributed by atoms with van der Waals surface area (Å²) in [5.74, 6) is 1.71. The first-order chi connectivity index (χ1) is 13.8. The zero-order chi connectivity index (χ0) is 19.2. The molecule has 1 N–H and O–H groups in total. The number of nitrogens with zero attached hydrogens (tertiary/aromatic N) is 3. The Bertz CT molecular complexity index is 635. The molecule has 5 nitrogen and oxygen atoms in total. The topological polar surface area (TPSA) is 40.1 Å². The molecule has 154 valence electrons. The average molecular weight is 385 g/mol. The average Bonchev–Trinajstić information content (AvgIpc) is 3.45. The van der Waals surface area contributed by atoms with Gasteiger partial charge in [-0.2, -0.15) is 0 Å². The fraction of sp³-hybridized carbons (Fsp3) is 0.696. The van der Waals surface area contributed by atoms with E-state index in [4.69, 9.17) is 9.73 Å². The summed E-state index contributed by atoms with van der Waals surface area (Å²) in [5, 5.41) is 3.57. The van der Waals surface area contributed by atoms with Crippen LogP contribution in [-0.4, -0.2) is 73.8 Å². The van der Waals surface area contributed by atoms with E-state index in [-0.39, 0.29) is 5.54 Å². The molecule has 3 heterocycles. The van der Waals surface area contributed by atoms with Crippen molar-refractivity contribution in [2.45, 2.75) is 50.5 Å². The summed E-state index contributed by atoms with van der Waals surface area (Å²) in [6, 6.07) is 10.9. The Kier molecular flexibility index (Phi) is 6.53. The van der Waals surface area contributed by atoms with Crippen molar-refractivity contribution < 1.29 is 4.74 Å². The van der Waals surface area contributed by atoms with Gasteiger partial charge in [-0.15, -0.1) is 0 Å². The van der Waals surface area contributed by atoms with Gasteiger partial charge in [-0.05, 0) is 57.7 Å². The molecule has 0 amide bonds. The highest BCUT2D eigenvalue weighted by atomic mass is 16.5. The first-order valence-electron chi connectivity index (χ1n) is 11.2. The summed E-state index contributed by atoms with van der Waals surface area (Å²) in [7, 11) is 0. The molecular formula is C23H36N4O. The maximum Gasteiger partial charge on any atom is 0.194 e. The van der Waals surface area contributed by atoms with Crippen LogP contribution in [0.4, 0.5) is 0 Å². The lowest BCUT2D eigenvalue weighted by molar-refractivity contribution is -0.0139. The Morgan fingerprint density at radius 3 is 2.61 bits per heavy atom. The normalized spacial score (nSPS) is 26.0. The number of nitrogens with one attached hydrogen (secondary N) is 1. The minimum Gasteiger partial charge on any atom is -0.381 e. The van der Waals surface area contributed by atoms with Crippen LogP contribution in [0.5, 0.6) is 0 Å². The summed E-state index contributed by atoms with van der Waals surface area (Å²) in [5.41, 5.74) is 1.66. The molecule has 3 aliphatic rings. The van der Waals surface area contributed by atoms with Crippen molar-refractivity contribution >= 4 is 5.96 Å². The molecule has 0 aliphatic carbocycles. The molecule has 1 aromatic carbocycles. The number of hydrogen-bond donors (Lipinski definition) is 1. The van der Waals surface area contributed by atoms with Crippen LogP contribution in [0, 0.1) is 0 Å². The Morgan fingerprint density at radius 1 is 1.14 bits per heavy atom. The fourth-order valence-corrected chi connectivity index (χ4v) is 5.11. The number of guanidine groups is 1. The van der Waals surface area contributed by atoms with Gasteiger partial charge in [0.15, 0.2) is 5.96 Å². The Labute approximate surface area is 170 Å². The zero-order valence-electron chi connectivity index (χ0n) is 17.4. The van der Waals surface area contributed by atoms with Crippen molar-refractivity contribution in [3.8, 4) is 0 Å². The van der Waals surface area contributed by atoms with Gasteiger partial charge in [0, 0.05) is 44.3 Å². The van der Waals surface area contributed by atoms with Crippen molar-refractivity contribution in [2.24, 2.45) is 4.99 Å². The SMILES string of the molecule is CCNC(=NCC1(N2CCCC2)CCOCC1)N1CCC(c2ccccc2)C1. The Morgan fingerprint density at radius 2 is 1.89 bits per heavy atom. The number of benzene rings is 1. The van der Waals surface area contributed by atoms with Gasteiger partial charge in [0.1, 0.15) is 0 Å². The van der Waals surface area contributed by atoms with Gasteiger partial charge in [-0.1, -0.05) is 30.3 Å². The number of hydrogen-bond acceptors (Lipinski definition) is 3. The summed E-state index contributed by atoms with van der Waals surface area (Å²) >= 11 is 0. The van der Waals surface area contributed by atoms with Crippen molar-refractivity contribution in [1.82, 2.24) is 15.1 Å². The molecule has 3 fully saturated rings. The Balaban J connectivity index is 1.46. The lowest BCUT2D eigenvalue weighted by atomic mass is 9.88. The molecule has 0 radical (unpaired) electrons. The van der Waals surface area contributed by atoms with Crippen molar-refractivity contribution in [3.63, 3.8) is 0 Å². The molecule has 0 saturated carbocycles. The molecule has 0 bridgehead atoms. The van der Waals surface area contributed by atoms with Crippen molar-refractivity contribution in [1.29, 1.82) is 0 Å². The molecule has 5 heteroatoms. The lowest BCUT2D eigenvalue weighted by Crippen LogP contribution is -2.54. The van der Waals surface area contributed by atoms with Crippen LogP contribution in [0.3, 0.4) is 0 Å². The van der Waals surface area contributed by atoms with Gasteiger partial charge in [0.25, 0.3) is 0 Å². The van der Waals surface area contributed by atoms with Gasteiger partial charge >= 0.3 is 0 Å². The van der Waals surface area contributed by atoms with E-state index in [0.29, 0.717) is 5.92 Å². The lowest BCUT2D eigenvalue weighted by Gasteiger charge is -2.43. The van der Waals surface area contributed by atoms with Gasteiger partial charge in [0.2, 0.25) is 0 Å². The van der Waals surface area contributed by atoms with Gasteiger partial charge in [0.05, 0.1) is 6.54 Å². The molecule has 1 atom stereocenters. The van der Waals surface area contributed by atoms with Crippen LogP contribution >= 0.6 is 0 Å². The van der Waals surface area contributed by atoms with Crippen LogP contribution < -0.4 is 5.32 Å². The zero-order valence-corrected chi connectivity index (χ0v) is 17.4. The second kappa shape index (κ2) is 9.27. The van der Waals surface area contributed by atoms with E-state index in [1.807, 2.05) is 0 Å². The molecule has 0 aromatic heterocycles. The largest absolute Gasteiger partial charge is 0.381 e. The monoisotopic (exact) mass is 384 g/mol. The fourth-order valence-electron chi connectivity index (χ4n) is 5.11. The highest BCUT2D eigenvalue weighted by molar-refractivity contribution is 5.80. The van der Waals surface area contributed by atoms with Crippen molar-refractivity contribution in [3.05, 3.63) is 35.9 Å². The van der Waals surface area contributed by atoms with Crippen LogP contribution in [0.1, 0.15) is 50.5 Å². The summed E-state index contributed by atoms with van der Waals surface area (Å²) in [6.45, 7) is 10.4. The number of likely N-dealkylation sites (tertiary alicyclic amines) is 2. The second-order valence-corrected chi connectivity index (χ2v) is 8.54. The maximum atomic E-state index is 5.70. The predicted octanol–water partition coefficient (Wildman–Crippen LogP) is 3.09. The molecule has 3 aliphatic heterocycles. The van der Waals surface area contributed by atoms with E-state index < -0.39 is 0 Å². The predicted molar refractivity (Wildman–Crippen MR) is 115 cm³/mol. The highest BCUT2D eigenvalue weighted by Gasteiger charge is 2.40. The second-order valence-electron chi connectivity index (χ2n) is 8.54. The van der Waals surface area contributed by atoms with Crippen LogP contribution in [0.15, 0.2) is 35.3 Å². The molecule has 3 saturated heterocycles. The first kappa shape index (κ1) is 19.7. The van der Waals surface area contributed by atoms with Gasteiger partial charge in [-0.3, -0.25) is 9.89 Å². The minimum atomic E-state index is 0.202. The summed E-state index contributed by atoms with van der Waals surface area (Å²) in [4.78, 5) is 10.4. The summed E-state index contributed by atoms with van der Waals surface area (Å²) in [6.07, 6.45) is 6.10.